The molecule has 0 radical (unpaired) electrons. The number of nitrogens with one attached hydrogen (secondary N) is 2. The molecule has 0 aliphatic carbocycles. The fourth-order valence-electron chi connectivity index (χ4n) is 1.98. The molecule has 1 amide bonds. The molecule has 0 saturated heterocycles. The van der Waals surface area contributed by atoms with Gasteiger partial charge in [0.1, 0.15) is 5.60 Å². The molecule has 23 heavy (non-hydrogen) atoms. The van der Waals surface area contributed by atoms with Gasteiger partial charge in [-0.3, -0.25) is 5.10 Å². The van der Waals surface area contributed by atoms with Crippen LogP contribution in [0.15, 0.2) is 42.6 Å². The molecule has 0 saturated carbocycles. The van der Waals surface area contributed by atoms with Crippen molar-refractivity contribution in [3.05, 3.63) is 48.2 Å². The molecule has 1 heterocycles. The molecule has 0 aliphatic heterocycles. The van der Waals surface area contributed by atoms with Crippen LogP contribution >= 0.6 is 0 Å². The maximum Gasteiger partial charge on any atom is 0.407 e. The van der Waals surface area contributed by atoms with E-state index in [1.165, 1.54) is 0 Å². The summed E-state index contributed by atoms with van der Waals surface area (Å²) in [6, 6.07) is 10.1. The summed E-state index contributed by atoms with van der Waals surface area (Å²) < 4.78 is 5.17. The van der Waals surface area contributed by atoms with E-state index in [4.69, 9.17) is 4.74 Å². The van der Waals surface area contributed by atoms with Gasteiger partial charge in [-0.15, -0.1) is 0 Å². The molecule has 0 fully saturated rings. The number of aromatic nitrogens is 2. The summed E-state index contributed by atoms with van der Waals surface area (Å²) in [5.74, 6) is 0. The van der Waals surface area contributed by atoms with Gasteiger partial charge in [0, 0.05) is 12.7 Å². The van der Waals surface area contributed by atoms with Crippen LogP contribution in [0.1, 0.15) is 32.8 Å². The molecule has 122 valence electrons. The van der Waals surface area contributed by atoms with Gasteiger partial charge in [-0.2, -0.15) is 5.10 Å². The first kappa shape index (κ1) is 16.8. The van der Waals surface area contributed by atoms with E-state index >= 15 is 0 Å². The Morgan fingerprint density at radius 1 is 1.26 bits per heavy atom. The summed E-state index contributed by atoms with van der Waals surface area (Å²) in [4.78, 5) is 11.5. The predicted molar refractivity (Wildman–Crippen MR) is 91.9 cm³/mol. The molecule has 5 heteroatoms. The number of alkyl carbamates (subject to hydrolysis) is 1. The number of hydrogen-bond acceptors (Lipinski definition) is 3. The number of carbonyl (C=O) groups is 1. The monoisotopic (exact) mass is 313 g/mol. The first-order chi connectivity index (χ1) is 10.9. The van der Waals surface area contributed by atoms with Crippen LogP contribution in [0, 0.1) is 0 Å². The van der Waals surface area contributed by atoms with Gasteiger partial charge in [0.25, 0.3) is 0 Å². The van der Waals surface area contributed by atoms with Crippen LogP contribution in [0.3, 0.4) is 0 Å². The van der Waals surface area contributed by atoms with E-state index in [9.17, 15) is 4.79 Å². The van der Waals surface area contributed by atoms with Crippen LogP contribution in [0.25, 0.3) is 17.3 Å². The number of nitrogens with zero attached hydrogens (tertiary/aromatic N) is 1. The normalized spacial score (nSPS) is 11.6. The zero-order valence-corrected chi connectivity index (χ0v) is 13.8. The maximum atomic E-state index is 11.5. The number of ether oxygens (including phenoxy) is 1. The maximum absolute atomic E-state index is 11.5. The lowest BCUT2D eigenvalue weighted by molar-refractivity contribution is 0.0529. The average molecular weight is 313 g/mol. The minimum Gasteiger partial charge on any atom is -0.444 e. The summed E-state index contributed by atoms with van der Waals surface area (Å²) in [5.41, 5.74) is 2.76. The number of aromatic amines is 1. The summed E-state index contributed by atoms with van der Waals surface area (Å²) in [7, 11) is 0. The van der Waals surface area contributed by atoms with Crippen LogP contribution in [0.4, 0.5) is 4.79 Å². The standard InChI is InChI=1S/C18H23N3O2/c1-18(2,3)23-17(22)19-12-5-4-6-14-7-9-15(10-8-14)16-11-13-20-21-16/h4,6-11,13H,5,12H2,1-3H3,(H,19,22)(H,20,21). The Morgan fingerprint density at radius 3 is 2.61 bits per heavy atom. The first-order valence-electron chi connectivity index (χ1n) is 7.67. The van der Waals surface area contributed by atoms with Gasteiger partial charge in [-0.1, -0.05) is 36.4 Å². The minimum absolute atomic E-state index is 0.380. The number of carbonyl (C=O) groups excluding carboxylic acids is 1. The molecule has 1 aromatic heterocycles. The second kappa shape index (κ2) is 7.63. The second-order valence-electron chi connectivity index (χ2n) is 6.21. The van der Waals surface area contributed by atoms with Gasteiger partial charge in [0.15, 0.2) is 0 Å². The molecule has 0 bridgehead atoms. The Morgan fingerprint density at radius 2 is 2.00 bits per heavy atom. The van der Waals surface area contributed by atoms with Crippen molar-refractivity contribution in [1.29, 1.82) is 0 Å². The predicted octanol–water partition coefficient (Wildman–Crippen LogP) is 4.00. The Kier molecular flexibility index (Phi) is 5.57. The number of hydrogen-bond donors (Lipinski definition) is 2. The smallest absolute Gasteiger partial charge is 0.407 e. The summed E-state index contributed by atoms with van der Waals surface area (Å²) in [6.07, 6.45) is 6.17. The Hall–Kier alpha value is -2.56. The summed E-state index contributed by atoms with van der Waals surface area (Å²) >= 11 is 0. The molecule has 1 aromatic carbocycles. The molecule has 2 N–H and O–H groups in total. The minimum atomic E-state index is -0.462. The lowest BCUT2D eigenvalue weighted by Gasteiger charge is -2.19. The highest BCUT2D eigenvalue weighted by molar-refractivity contribution is 5.67. The SMILES string of the molecule is CC(C)(C)OC(=O)NCCC=Cc1ccc(-c2ccn[nH]2)cc1. The molecule has 0 spiro atoms. The van der Waals surface area contributed by atoms with Crippen LogP contribution in [-0.4, -0.2) is 28.4 Å². The van der Waals surface area contributed by atoms with Gasteiger partial charge >= 0.3 is 6.09 Å². The van der Waals surface area contributed by atoms with Gasteiger partial charge < -0.3 is 10.1 Å². The molecule has 2 rings (SSSR count). The van der Waals surface area contributed by atoms with Crippen LogP contribution in [0.2, 0.25) is 0 Å². The molecular weight excluding hydrogens is 290 g/mol. The van der Waals surface area contributed by atoms with Crippen molar-refractivity contribution < 1.29 is 9.53 Å². The quantitative estimate of drug-likeness (QED) is 0.820. The van der Waals surface area contributed by atoms with E-state index in [2.05, 4.69) is 15.5 Å². The van der Waals surface area contributed by atoms with Gasteiger partial charge in [0.2, 0.25) is 0 Å². The van der Waals surface area contributed by atoms with Crippen molar-refractivity contribution in [3.8, 4) is 11.3 Å². The number of H-pyrrole nitrogens is 1. The van der Waals surface area contributed by atoms with E-state index in [0.717, 1.165) is 23.2 Å². The number of rotatable bonds is 5. The largest absolute Gasteiger partial charge is 0.444 e. The van der Waals surface area contributed by atoms with Gasteiger partial charge in [-0.25, -0.2) is 4.79 Å². The lowest BCUT2D eigenvalue weighted by Crippen LogP contribution is -2.32. The molecular formula is C18H23N3O2. The molecule has 2 aromatic rings. The van der Waals surface area contributed by atoms with Crippen molar-refractivity contribution in [2.75, 3.05) is 6.54 Å². The van der Waals surface area contributed by atoms with Gasteiger partial charge in [-0.05, 0) is 44.4 Å². The van der Waals surface area contributed by atoms with E-state index in [0.29, 0.717) is 6.54 Å². The van der Waals surface area contributed by atoms with Gasteiger partial charge in [0.05, 0.1) is 5.69 Å². The fraction of sp³-hybridized carbons (Fsp3) is 0.333. The Balaban J connectivity index is 1.75. The highest BCUT2D eigenvalue weighted by atomic mass is 16.6. The van der Waals surface area contributed by atoms with Crippen LogP contribution < -0.4 is 5.32 Å². The van der Waals surface area contributed by atoms with Crippen molar-refractivity contribution in [1.82, 2.24) is 15.5 Å². The van der Waals surface area contributed by atoms with Crippen molar-refractivity contribution in [3.63, 3.8) is 0 Å². The first-order valence-corrected chi connectivity index (χ1v) is 7.67. The molecule has 0 unspecified atom stereocenters. The zero-order chi connectivity index (χ0) is 16.7. The third kappa shape index (κ3) is 5.98. The summed E-state index contributed by atoms with van der Waals surface area (Å²) in [5, 5.41) is 9.61. The van der Waals surface area contributed by atoms with Crippen LogP contribution in [0.5, 0.6) is 0 Å². The number of amides is 1. The van der Waals surface area contributed by atoms with Crippen molar-refractivity contribution in [2.45, 2.75) is 32.8 Å². The zero-order valence-electron chi connectivity index (χ0n) is 13.8. The second-order valence-corrected chi connectivity index (χ2v) is 6.21. The fourth-order valence-corrected chi connectivity index (χ4v) is 1.98. The molecule has 5 nitrogen and oxygen atoms in total. The average Bonchev–Trinajstić information content (AvgIpc) is 3.00. The van der Waals surface area contributed by atoms with Crippen molar-refractivity contribution in [2.24, 2.45) is 0 Å². The third-order valence-corrected chi connectivity index (χ3v) is 3.01. The van der Waals surface area contributed by atoms with E-state index in [1.807, 2.05) is 63.3 Å². The van der Waals surface area contributed by atoms with E-state index < -0.39 is 5.60 Å². The summed E-state index contributed by atoms with van der Waals surface area (Å²) in [6.45, 7) is 6.09. The highest BCUT2D eigenvalue weighted by Crippen LogP contribution is 2.17. The van der Waals surface area contributed by atoms with E-state index in [1.54, 1.807) is 6.20 Å². The molecule has 0 atom stereocenters. The lowest BCUT2D eigenvalue weighted by atomic mass is 10.1. The Labute approximate surface area is 136 Å². The topological polar surface area (TPSA) is 67.0 Å². The van der Waals surface area contributed by atoms with Crippen LogP contribution in [-0.2, 0) is 4.74 Å². The highest BCUT2D eigenvalue weighted by Gasteiger charge is 2.15. The molecule has 0 aliphatic rings. The van der Waals surface area contributed by atoms with Crippen molar-refractivity contribution >= 4 is 12.2 Å². The number of benzene rings is 1. The van der Waals surface area contributed by atoms with E-state index in [-0.39, 0.29) is 6.09 Å². The third-order valence-electron chi connectivity index (χ3n) is 3.01. The Bertz CT molecular complexity index is 638.